The van der Waals surface area contributed by atoms with Gasteiger partial charge in [-0.1, -0.05) is 87.0 Å². The van der Waals surface area contributed by atoms with Crippen LogP contribution in [0.15, 0.2) is 61.2 Å². The first kappa shape index (κ1) is 21.4. The predicted octanol–water partition coefficient (Wildman–Crippen LogP) is 6.22. The number of allylic oxidation sites excluding steroid dienone is 6. The van der Waals surface area contributed by atoms with Crippen molar-refractivity contribution in [2.75, 3.05) is 0 Å². The van der Waals surface area contributed by atoms with Crippen molar-refractivity contribution >= 4 is 51.1 Å². The zero-order chi connectivity index (χ0) is 18.0. The maximum Gasteiger partial charge on any atom is 0.0427 e. The van der Waals surface area contributed by atoms with E-state index in [2.05, 4.69) is 54.9 Å². The third-order valence-electron chi connectivity index (χ3n) is 2.90. The SMILES string of the molecule is C=C/C=c1/sc(C(=C)C(=C)/C=C\C(=C)Br)c(C=C)/c1=C/C.CC. The van der Waals surface area contributed by atoms with E-state index in [9.17, 15) is 0 Å². The van der Waals surface area contributed by atoms with Crippen LogP contribution in [0.2, 0.25) is 0 Å². The molecule has 1 rings (SSSR count). The molecule has 0 unspecified atom stereocenters. The highest BCUT2D eigenvalue weighted by atomic mass is 79.9. The monoisotopic (exact) mass is 388 g/mol. The van der Waals surface area contributed by atoms with Gasteiger partial charge < -0.3 is 0 Å². The fourth-order valence-electron chi connectivity index (χ4n) is 1.87. The quantitative estimate of drug-likeness (QED) is 0.507. The summed E-state index contributed by atoms with van der Waals surface area (Å²) in [6, 6.07) is 0. The van der Waals surface area contributed by atoms with Gasteiger partial charge in [-0.25, -0.2) is 0 Å². The second-order valence-corrected chi connectivity index (χ2v) is 6.37. The molecule has 0 spiro atoms. The molecule has 0 bridgehead atoms. The summed E-state index contributed by atoms with van der Waals surface area (Å²) in [5.41, 5.74) is 2.84. The zero-order valence-electron chi connectivity index (χ0n) is 14.3. The molecular formula is C21H25BrS. The van der Waals surface area contributed by atoms with E-state index in [1.54, 1.807) is 17.4 Å². The third-order valence-corrected chi connectivity index (χ3v) is 4.41. The van der Waals surface area contributed by atoms with Crippen LogP contribution in [0.25, 0.3) is 23.8 Å². The molecule has 0 atom stereocenters. The van der Waals surface area contributed by atoms with E-state index in [4.69, 9.17) is 0 Å². The molecular weight excluding hydrogens is 364 g/mol. The maximum absolute atomic E-state index is 4.17. The van der Waals surface area contributed by atoms with E-state index in [0.717, 1.165) is 35.8 Å². The first-order valence-electron chi connectivity index (χ1n) is 7.41. The average Bonchev–Trinajstić information content (AvgIpc) is 2.91. The first-order valence-corrected chi connectivity index (χ1v) is 9.02. The summed E-state index contributed by atoms with van der Waals surface area (Å²) >= 11 is 4.97. The smallest absolute Gasteiger partial charge is 0.0427 e. The van der Waals surface area contributed by atoms with E-state index in [-0.39, 0.29) is 0 Å². The van der Waals surface area contributed by atoms with Crippen LogP contribution in [0.5, 0.6) is 0 Å². The van der Waals surface area contributed by atoms with Crippen molar-refractivity contribution in [2.24, 2.45) is 0 Å². The molecule has 0 saturated heterocycles. The Morgan fingerprint density at radius 3 is 2.13 bits per heavy atom. The average molecular weight is 389 g/mol. The van der Waals surface area contributed by atoms with Gasteiger partial charge in [0.25, 0.3) is 0 Å². The fraction of sp³-hybridized carbons (Fsp3) is 0.143. The topological polar surface area (TPSA) is 0 Å². The molecule has 0 aliphatic carbocycles. The lowest BCUT2D eigenvalue weighted by Gasteiger charge is -2.04. The molecule has 0 nitrogen and oxygen atoms in total. The normalized spacial score (nSPS) is 11.8. The Balaban J connectivity index is 0.00000232. The van der Waals surface area contributed by atoms with Crippen molar-refractivity contribution in [3.8, 4) is 0 Å². The minimum Gasteiger partial charge on any atom is -0.135 e. The Bertz CT molecular complexity index is 754. The molecule has 0 fully saturated rings. The van der Waals surface area contributed by atoms with Crippen LogP contribution >= 0.6 is 27.3 Å². The van der Waals surface area contributed by atoms with Crippen LogP contribution in [0.1, 0.15) is 31.2 Å². The summed E-state index contributed by atoms with van der Waals surface area (Å²) in [5.74, 6) is 0. The molecule has 1 aromatic heterocycles. The summed E-state index contributed by atoms with van der Waals surface area (Å²) in [5, 5.41) is 1.16. The second-order valence-electron chi connectivity index (χ2n) is 4.30. The lowest BCUT2D eigenvalue weighted by molar-refractivity contribution is 1.50. The molecule has 122 valence electrons. The lowest BCUT2D eigenvalue weighted by Crippen LogP contribution is -2.19. The van der Waals surface area contributed by atoms with Crippen LogP contribution < -0.4 is 9.75 Å². The highest BCUT2D eigenvalue weighted by molar-refractivity contribution is 9.11. The van der Waals surface area contributed by atoms with Crippen molar-refractivity contribution in [1.29, 1.82) is 0 Å². The van der Waals surface area contributed by atoms with Crippen LogP contribution in [-0.2, 0) is 0 Å². The van der Waals surface area contributed by atoms with E-state index in [1.165, 1.54) is 0 Å². The minimum atomic E-state index is 0.801. The van der Waals surface area contributed by atoms with E-state index in [1.807, 2.05) is 45.1 Å². The number of hydrogen-bond acceptors (Lipinski definition) is 1. The van der Waals surface area contributed by atoms with Gasteiger partial charge in [0.05, 0.1) is 0 Å². The predicted molar refractivity (Wildman–Crippen MR) is 115 cm³/mol. The van der Waals surface area contributed by atoms with E-state index < -0.39 is 0 Å². The number of halogens is 1. The molecule has 0 N–H and O–H groups in total. The van der Waals surface area contributed by atoms with Crippen LogP contribution in [-0.4, -0.2) is 0 Å². The molecule has 23 heavy (non-hydrogen) atoms. The summed E-state index contributed by atoms with van der Waals surface area (Å²) in [6.07, 6.45) is 11.5. The molecule has 2 heteroatoms. The second kappa shape index (κ2) is 11.0. The Morgan fingerprint density at radius 2 is 1.70 bits per heavy atom. The van der Waals surface area contributed by atoms with Gasteiger partial charge in [0, 0.05) is 13.9 Å². The summed E-state index contributed by atoms with van der Waals surface area (Å²) in [7, 11) is 0. The summed E-state index contributed by atoms with van der Waals surface area (Å²) < 4.78 is 1.95. The first-order chi connectivity index (χ1) is 11.0. The molecule has 0 aliphatic heterocycles. The zero-order valence-corrected chi connectivity index (χ0v) is 16.7. The largest absolute Gasteiger partial charge is 0.135 e. The third kappa shape index (κ3) is 5.81. The number of rotatable bonds is 6. The Hall–Kier alpha value is -1.64. The minimum absolute atomic E-state index is 0.801. The summed E-state index contributed by atoms with van der Waals surface area (Å²) in [6.45, 7) is 25.7. The van der Waals surface area contributed by atoms with Crippen LogP contribution in [0.3, 0.4) is 0 Å². The van der Waals surface area contributed by atoms with Gasteiger partial charge >= 0.3 is 0 Å². The van der Waals surface area contributed by atoms with E-state index >= 15 is 0 Å². The van der Waals surface area contributed by atoms with Gasteiger partial charge in [-0.15, -0.1) is 11.3 Å². The number of hydrogen-bond donors (Lipinski definition) is 0. The number of thiophene rings is 1. The maximum atomic E-state index is 4.17. The summed E-state index contributed by atoms with van der Waals surface area (Å²) in [4.78, 5) is 1.08. The van der Waals surface area contributed by atoms with Crippen LogP contribution in [0.4, 0.5) is 0 Å². The highest BCUT2D eigenvalue weighted by Crippen LogP contribution is 2.26. The van der Waals surface area contributed by atoms with Gasteiger partial charge in [0.2, 0.25) is 0 Å². The van der Waals surface area contributed by atoms with Gasteiger partial charge in [0.1, 0.15) is 0 Å². The van der Waals surface area contributed by atoms with Crippen molar-refractivity contribution < 1.29 is 0 Å². The van der Waals surface area contributed by atoms with Crippen molar-refractivity contribution in [2.45, 2.75) is 20.8 Å². The van der Waals surface area contributed by atoms with Gasteiger partial charge in [0.15, 0.2) is 0 Å². The van der Waals surface area contributed by atoms with Gasteiger partial charge in [-0.3, -0.25) is 0 Å². The molecule has 1 heterocycles. The molecule has 0 amide bonds. The Labute approximate surface area is 153 Å². The van der Waals surface area contributed by atoms with Gasteiger partial charge in [-0.2, -0.15) is 0 Å². The van der Waals surface area contributed by atoms with Gasteiger partial charge in [-0.05, 0) is 41.0 Å². The highest BCUT2D eigenvalue weighted by Gasteiger charge is 2.10. The molecule has 0 saturated carbocycles. The molecule has 0 radical (unpaired) electrons. The van der Waals surface area contributed by atoms with Crippen molar-refractivity contribution in [3.05, 3.63) is 81.4 Å². The fourth-order valence-corrected chi connectivity index (χ4v) is 3.28. The standard InChI is InChI=1S/C19H19BrS.C2H6/c1-7-10-18-16(8-2)17(9-3)19(21-18)15(6)13(4)11-12-14(5)20;1-2/h7-12H,1,3-6H2,2H3;1-2H3/b12-11-,16-8-,18-10+;. The van der Waals surface area contributed by atoms with E-state index in [0.29, 0.717) is 0 Å². The molecule has 1 aromatic rings. The van der Waals surface area contributed by atoms with Crippen molar-refractivity contribution in [1.82, 2.24) is 0 Å². The van der Waals surface area contributed by atoms with Crippen molar-refractivity contribution in [3.63, 3.8) is 0 Å². The molecule has 0 aromatic carbocycles. The lowest BCUT2D eigenvalue weighted by atomic mass is 10.0. The molecule has 0 aliphatic rings. The van der Waals surface area contributed by atoms with Crippen LogP contribution in [0, 0.1) is 0 Å². The Morgan fingerprint density at radius 1 is 1.09 bits per heavy atom. The Kier molecular flexibility index (Phi) is 10.2.